The summed E-state index contributed by atoms with van der Waals surface area (Å²) in [5, 5.41) is 3.23. The summed E-state index contributed by atoms with van der Waals surface area (Å²) in [5.41, 5.74) is 0.841. The van der Waals surface area contributed by atoms with Crippen LogP contribution in [0.15, 0.2) is 24.3 Å². The Labute approximate surface area is 106 Å². The second-order valence-corrected chi connectivity index (χ2v) is 3.75. The van der Waals surface area contributed by atoms with Gasteiger partial charge in [0.15, 0.2) is 0 Å². The average molecular weight is 258 g/mol. The molecule has 0 aromatic heterocycles. The van der Waals surface area contributed by atoms with E-state index in [0.29, 0.717) is 18.2 Å². The van der Waals surface area contributed by atoms with Crippen LogP contribution in [0.2, 0.25) is 5.02 Å². The Morgan fingerprint density at radius 1 is 1.47 bits per heavy atom. The number of hydrogen-bond donors (Lipinski definition) is 1. The zero-order valence-electron chi connectivity index (χ0n) is 9.90. The topological polar surface area (TPSA) is 47.6 Å². The molecule has 1 atom stereocenters. The molecule has 0 radical (unpaired) electrons. The summed E-state index contributed by atoms with van der Waals surface area (Å²) < 4.78 is 10.1. The molecular formula is C12H16ClNO3. The van der Waals surface area contributed by atoms with Gasteiger partial charge in [0.25, 0.3) is 0 Å². The van der Waals surface area contributed by atoms with E-state index >= 15 is 0 Å². The van der Waals surface area contributed by atoms with Crippen molar-refractivity contribution in [3.05, 3.63) is 34.9 Å². The summed E-state index contributed by atoms with van der Waals surface area (Å²) in [6, 6.07) is 7.37. The Bertz CT molecular complexity index is 371. The van der Waals surface area contributed by atoms with Crippen LogP contribution in [0.25, 0.3) is 0 Å². The van der Waals surface area contributed by atoms with E-state index in [2.05, 4.69) is 5.32 Å². The Balaban J connectivity index is 2.60. The first-order valence-corrected chi connectivity index (χ1v) is 5.74. The number of methoxy groups -OCH3 is 1. The number of amides is 1. The van der Waals surface area contributed by atoms with Gasteiger partial charge in [0.1, 0.15) is 6.10 Å². The van der Waals surface area contributed by atoms with Crippen molar-refractivity contribution < 1.29 is 14.3 Å². The Hall–Kier alpha value is -1.26. The molecule has 17 heavy (non-hydrogen) atoms. The van der Waals surface area contributed by atoms with E-state index in [1.54, 1.807) is 20.1 Å². The normalized spacial score (nSPS) is 11.9. The largest absolute Gasteiger partial charge is 0.450 e. The summed E-state index contributed by atoms with van der Waals surface area (Å²) >= 11 is 6.05. The number of ether oxygens (including phenoxy) is 2. The lowest BCUT2D eigenvalue weighted by atomic mass is 10.1. The van der Waals surface area contributed by atoms with Crippen molar-refractivity contribution in [3.63, 3.8) is 0 Å². The number of nitrogens with one attached hydrogen (secondary N) is 1. The summed E-state index contributed by atoms with van der Waals surface area (Å²) in [6.45, 7) is 2.41. The molecule has 0 fully saturated rings. The molecule has 0 aliphatic rings. The monoisotopic (exact) mass is 257 g/mol. The number of alkyl carbamates (subject to hydrolysis) is 1. The summed E-state index contributed by atoms with van der Waals surface area (Å²) in [6.07, 6.45) is -0.741. The number of carbonyl (C=O) groups is 1. The zero-order chi connectivity index (χ0) is 12.7. The summed E-state index contributed by atoms with van der Waals surface area (Å²) in [4.78, 5) is 11.2. The third-order valence-electron chi connectivity index (χ3n) is 2.24. The van der Waals surface area contributed by atoms with Crippen molar-refractivity contribution in [1.82, 2.24) is 5.32 Å². The number of hydrogen-bond acceptors (Lipinski definition) is 3. The molecule has 1 unspecified atom stereocenters. The van der Waals surface area contributed by atoms with Gasteiger partial charge in [0.2, 0.25) is 0 Å². The Kier molecular flexibility index (Phi) is 5.80. The van der Waals surface area contributed by atoms with Crippen LogP contribution in [0.4, 0.5) is 4.79 Å². The number of halogens is 1. The molecule has 1 aromatic rings. The number of carbonyl (C=O) groups excluding carboxylic acids is 1. The van der Waals surface area contributed by atoms with Crippen molar-refractivity contribution in [1.29, 1.82) is 0 Å². The molecule has 1 amide bonds. The van der Waals surface area contributed by atoms with Crippen LogP contribution in [0, 0.1) is 0 Å². The fourth-order valence-electron chi connectivity index (χ4n) is 1.41. The van der Waals surface area contributed by atoms with E-state index in [4.69, 9.17) is 21.1 Å². The molecule has 94 valence electrons. The van der Waals surface area contributed by atoms with Gasteiger partial charge < -0.3 is 14.8 Å². The van der Waals surface area contributed by atoms with E-state index in [1.165, 1.54) is 0 Å². The number of benzene rings is 1. The highest BCUT2D eigenvalue weighted by atomic mass is 35.5. The van der Waals surface area contributed by atoms with Crippen molar-refractivity contribution in [2.45, 2.75) is 13.0 Å². The predicted octanol–water partition coefficient (Wildman–Crippen LogP) is 2.77. The van der Waals surface area contributed by atoms with Crippen LogP contribution in [-0.2, 0) is 9.47 Å². The lowest BCUT2D eigenvalue weighted by Gasteiger charge is -2.17. The number of rotatable bonds is 5. The van der Waals surface area contributed by atoms with Crippen LogP contribution >= 0.6 is 11.6 Å². The SMILES string of the molecule is CCOC(=O)NCC(OC)c1ccccc1Cl. The first-order valence-electron chi connectivity index (χ1n) is 5.36. The molecule has 5 heteroatoms. The van der Waals surface area contributed by atoms with Crippen LogP contribution < -0.4 is 5.32 Å². The lowest BCUT2D eigenvalue weighted by Crippen LogP contribution is -2.29. The second-order valence-electron chi connectivity index (χ2n) is 3.35. The highest BCUT2D eigenvalue weighted by Crippen LogP contribution is 2.24. The van der Waals surface area contributed by atoms with Crippen molar-refractivity contribution in [3.8, 4) is 0 Å². The van der Waals surface area contributed by atoms with Crippen molar-refractivity contribution >= 4 is 17.7 Å². The third-order valence-corrected chi connectivity index (χ3v) is 2.59. The maximum absolute atomic E-state index is 11.2. The average Bonchev–Trinajstić information content (AvgIpc) is 2.32. The van der Waals surface area contributed by atoms with Gasteiger partial charge in [-0.15, -0.1) is 0 Å². The third kappa shape index (κ3) is 4.24. The van der Waals surface area contributed by atoms with E-state index in [0.717, 1.165) is 5.56 Å². The van der Waals surface area contributed by atoms with Crippen molar-refractivity contribution in [2.75, 3.05) is 20.3 Å². The van der Waals surface area contributed by atoms with Gasteiger partial charge in [-0.3, -0.25) is 0 Å². The molecule has 0 aliphatic carbocycles. The molecule has 0 spiro atoms. The van der Waals surface area contributed by atoms with Crippen LogP contribution in [0.1, 0.15) is 18.6 Å². The minimum absolute atomic E-state index is 0.284. The molecule has 4 nitrogen and oxygen atoms in total. The molecule has 0 saturated carbocycles. The summed E-state index contributed by atoms with van der Waals surface area (Å²) in [5.74, 6) is 0. The van der Waals surface area contributed by atoms with Crippen LogP contribution in [0.3, 0.4) is 0 Å². The minimum Gasteiger partial charge on any atom is -0.450 e. The molecule has 0 heterocycles. The maximum atomic E-state index is 11.2. The van der Waals surface area contributed by atoms with E-state index in [9.17, 15) is 4.79 Å². The summed E-state index contributed by atoms with van der Waals surface area (Å²) in [7, 11) is 1.57. The van der Waals surface area contributed by atoms with E-state index in [1.807, 2.05) is 18.2 Å². The molecule has 0 aliphatic heterocycles. The van der Waals surface area contributed by atoms with Gasteiger partial charge >= 0.3 is 6.09 Å². The van der Waals surface area contributed by atoms with Crippen molar-refractivity contribution in [2.24, 2.45) is 0 Å². The lowest BCUT2D eigenvalue weighted by molar-refractivity contribution is 0.0956. The molecule has 1 rings (SSSR count). The fourth-order valence-corrected chi connectivity index (χ4v) is 1.67. The Morgan fingerprint density at radius 2 is 2.18 bits per heavy atom. The van der Waals surface area contributed by atoms with Gasteiger partial charge in [-0.2, -0.15) is 0 Å². The first kappa shape index (κ1) is 13.8. The maximum Gasteiger partial charge on any atom is 0.407 e. The van der Waals surface area contributed by atoms with Crippen LogP contribution in [0.5, 0.6) is 0 Å². The minimum atomic E-state index is -0.457. The molecule has 0 saturated heterocycles. The van der Waals surface area contributed by atoms with Gasteiger partial charge in [0.05, 0.1) is 13.2 Å². The molecule has 1 aromatic carbocycles. The Morgan fingerprint density at radius 3 is 2.76 bits per heavy atom. The first-order chi connectivity index (χ1) is 8.19. The molecular weight excluding hydrogens is 242 g/mol. The highest BCUT2D eigenvalue weighted by molar-refractivity contribution is 6.31. The second kappa shape index (κ2) is 7.14. The van der Waals surface area contributed by atoms with Gasteiger partial charge in [-0.1, -0.05) is 29.8 Å². The molecule has 0 bridgehead atoms. The molecule has 1 N–H and O–H groups in total. The predicted molar refractivity (Wildman–Crippen MR) is 66.2 cm³/mol. The van der Waals surface area contributed by atoms with Gasteiger partial charge in [-0.25, -0.2) is 4.79 Å². The van der Waals surface area contributed by atoms with Crippen LogP contribution in [-0.4, -0.2) is 26.4 Å². The zero-order valence-corrected chi connectivity index (χ0v) is 10.7. The van der Waals surface area contributed by atoms with Gasteiger partial charge in [-0.05, 0) is 13.0 Å². The standard InChI is InChI=1S/C12H16ClNO3/c1-3-17-12(15)14-8-11(16-2)9-6-4-5-7-10(9)13/h4-7,11H,3,8H2,1-2H3,(H,14,15). The van der Waals surface area contributed by atoms with E-state index < -0.39 is 6.09 Å². The smallest absolute Gasteiger partial charge is 0.407 e. The quantitative estimate of drug-likeness (QED) is 0.882. The van der Waals surface area contributed by atoms with Gasteiger partial charge in [0, 0.05) is 17.7 Å². The van der Waals surface area contributed by atoms with E-state index in [-0.39, 0.29) is 6.10 Å². The fraction of sp³-hybridized carbons (Fsp3) is 0.417. The highest BCUT2D eigenvalue weighted by Gasteiger charge is 2.14.